The molecule has 146 valence electrons. The largest absolute Gasteiger partial charge is 0.379 e. The zero-order valence-corrected chi connectivity index (χ0v) is 16.2. The van der Waals surface area contributed by atoms with Gasteiger partial charge in [-0.05, 0) is 12.8 Å². The standard InChI is InChI=1S/C15H28N4O4S.ClH/c16-15(4-2-1-3-5-15)14(20)17-6-8-18(9-7-17)24(21,22)19-10-12-23-13-11-19;/h1-13,16H2;1H. The Labute approximate surface area is 156 Å². The van der Waals surface area contributed by atoms with Crippen LogP contribution in [0.3, 0.4) is 0 Å². The van der Waals surface area contributed by atoms with Gasteiger partial charge in [0.15, 0.2) is 0 Å². The van der Waals surface area contributed by atoms with E-state index in [9.17, 15) is 13.2 Å². The van der Waals surface area contributed by atoms with Gasteiger partial charge in [-0.1, -0.05) is 19.3 Å². The summed E-state index contributed by atoms with van der Waals surface area (Å²) in [6, 6.07) is 0. The molecule has 0 aromatic carbocycles. The lowest BCUT2D eigenvalue weighted by Crippen LogP contribution is -2.61. The molecule has 0 atom stereocenters. The number of carbonyl (C=O) groups is 1. The van der Waals surface area contributed by atoms with Crippen LogP contribution in [0.2, 0.25) is 0 Å². The number of piperazine rings is 1. The van der Waals surface area contributed by atoms with Crippen LogP contribution in [-0.4, -0.2) is 85.9 Å². The maximum Gasteiger partial charge on any atom is 0.282 e. The first-order chi connectivity index (χ1) is 11.4. The molecule has 2 heterocycles. The number of halogens is 1. The number of nitrogens with zero attached hydrogens (tertiary/aromatic N) is 3. The first kappa shape index (κ1) is 20.9. The zero-order valence-electron chi connectivity index (χ0n) is 14.6. The number of morpholine rings is 1. The molecule has 1 aliphatic carbocycles. The third-order valence-electron chi connectivity index (χ3n) is 5.32. The molecule has 2 aliphatic heterocycles. The van der Waals surface area contributed by atoms with Crippen LogP contribution in [0, 0.1) is 0 Å². The number of hydrogen-bond donors (Lipinski definition) is 1. The van der Waals surface area contributed by atoms with Gasteiger partial charge >= 0.3 is 0 Å². The molecule has 2 saturated heterocycles. The van der Waals surface area contributed by atoms with Crippen molar-refractivity contribution in [2.45, 2.75) is 37.6 Å². The highest BCUT2D eigenvalue weighted by Crippen LogP contribution is 2.28. The molecule has 0 spiro atoms. The lowest BCUT2D eigenvalue weighted by molar-refractivity contribution is -0.139. The summed E-state index contributed by atoms with van der Waals surface area (Å²) in [6.07, 6.45) is 4.59. The maximum atomic E-state index is 12.7. The molecular weight excluding hydrogens is 368 g/mol. The van der Waals surface area contributed by atoms with E-state index >= 15 is 0 Å². The van der Waals surface area contributed by atoms with Gasteiger partial charge in [0.05, 0.1) is 18.8 Å². The Morgan fingerprint density at radius 1 is 0.880 bits per heavy atom. The van der Waals surface area contributed by atoms with Crippen molar-refractivity contribution in [2.75, 3.05) is 52.5 Å². The van der Waals surface area contributed by atoms with Gasteiger partial charge in [0.25, 0.3) is 10.2 Å². The molecule has 3 fully saturated rings. The van der Waals surface area contributed by atoms with E-state index in [1.54, 1.807) is 4.90 Å². The van der Waals surface area contributed by atoms with Crippen molar-refractivity contribution in [1.29, 1.82) is 0 Å². The summed E-state index contributed by atoms with van der Waals surface area (Å²) < 4.78 is 33.5. The van der Waals surface area contributed by atoms with E-state index in [1.165, 1.54) is 8.61 Å². The van der Waals surface area contributed by atoms with E-state index in [4.69, 9.17) is 10.5 Å². The molecule has 8 nitrogen and oxygen atoms in total. The van der Waals surface area contributed by atoms with Gasteiger partial charge in [-0.3, -0.25) is 4.79 Å². The van der Waals surface area contributed by atoms with E-state index < -0.39 is 15.7 Å². The van der Waals surface area contributed by atoms with E-state index in [-0.39, 0.29) is 18.3 Å². The van der Waals surface area contributed by atoms with Crippen molar-refractivity contribution in [3.8, 4) is 0 Å². The average molecular weight is 397 g/mol. The first-order valence-electron chi connectivity index (χ1n) is 8.85. The Morgan fingerprint density at radius 2 is 1.40 bits per heavy atom. The molecule has 0 aromatic heterocycles. The molecule has 3 aliphatic rings. The molecule has 0 unspecified atom stereocenters. The zero-order chi connectivity index (χ0) is 17.2. The molecule has 0 radical (unpaired) electrons. The van der Waals surface area contributed by atoms with Gasteiger partial charge in [-0.2, -0.15) is 17.0 Å². The average Bonchev–Trinajstić information content (AvgIpc) is 2.62. The summed E-state index contributed by atoms with van der Waals surface area (Å²) in [6.45, 7) is 3.17. The van der Waals surface area contributed by atoms with Crippen LogP contribution in [0.15, 0.2) is 0 Å². The Bertz CT molecular complexity index is 554. The highest BCUT2D eigenvalue weighted by Gasteiger charge is 2.41. The van der Waals surface area contributed by atoms with Gasteiger partial charge < -0.3 is 15.4 Å². The predicted molar refractivity (Wildman–Crippen MR) is 96.7 cm³/mol. The van der Waals surface area contributed by atoms with Crippen LogP contribution < -0.4 is 5.73 Å². The van der Waals surface area contributed by atoms with Crippen molar-refractivity contribution >= 4 is 28.5 Å². The summed E-state index contributed by atoms with van der Waals surface area (Å²) >= 11 is 0. The molecule has 0 bridgehead atoms. The van der Waals surface area contributed by atoms with E-state index in [2.05, 4.69) is 0 Å². The fourth-order valence-electron chi connectivity index (χ4n) is 3.77. The summed E-state index contributed by atoms with van der Waals surface area (Å²) in [7, 11) is -3.46. The van der Waals surface area contributed by atoms with Gasteiger partial charge in [-0.25, -0.2) is 0 Å². The third-order valence-corrected chi connectivity index (χ3v) is 7.36. The van der Waals surface area contributed by atoms with Crippen molar-refractivity contribution in [3.63, 3.8) is 0 Å². The van der Waals surface area contributed by atoms with Gasteiger partial charge in [0.1, 0.15) is 0 Å². The number of ether oxygens (including phenoxy) is 1. The second-order valence-corrected chi connectivity index (χ2v) is 8.86. The van der Waals surface area contributed by atoms with Crippen LogP contribution in [0.5, 0.6) is 0 Å². The maximum absolute atomic E-state index is 12.7. The number of rotatable bonds is 3. The van der Waals surface area contributed by atoms with Gasteiger partial charge in [0, 0.05) is 39.3 Å². The Morgan fingerprint density at radius 3 is 1.96 bits per heavy atom. The Balaban J connectivity index is 0.00000225. The molecular formula is C15H29ClN4O4S. The van der Waals surface area contributed by atoms with Crippen LogP contribution in [0.25, 0.3) is 0 Å². The highest BCUT2D eigenvalue weighted by molar-refractivity contribution is 7.86. The lowest BCUT2D eigenvalue weighted by Gasteiger charge is -2.41. The molecule has 1 saturated carbocycles. The fourth-order valence-corrected chi connectivity index (χ4v) is 5.34. The van der Waals surface area contributed by atoms with Crippen LogP contribution >= 0.6 is 12.4 Å². The monoisotopic (exact) mass is 396 g/mol. The minimum Gasteiger partial charge on any atom is -0.379 e. The minimum absolute atomic E-state index is 0. The normalized spacial score (nSPS) is 26.0. The fraction of sp³-hybridized carbons (Fsp3) is 0.933. The second kappa shape index (κ2) is 8.49. The third kappa shape index (κ3) is 4.45. The van der Waals surface area contributed by atoms with Crippen molar-refractivity contribution in [1.82, 2.24) is 13.5 Å². The quantitative estimate of drug-likeness (QED) is 0.712. The van der Waals surface area contributed by atoms with Crippen molar-refractivity contribution in [3.05, 3.63) is 0 Å². The Hall–Kier alpha value is -0.450. The van der Waals surface area contributed by atoms with Crippen LogP contribution in [0.4, 0.5) is 0 Å². The number of carbonyl (C=O) groups excluding carboxylic acids is 1. The summed E-state index contributed by atoms with van der Waals surface area (Å²) in [5, 5.41) is 0. The topological polar surface area (TPSA) is 96.2 Å². The molecule has 1 amide bonds. The molecule has 0 aromatic rings. The molecule has 10 heteroatoms. The van der Waals surface area contributed by atoms with Gasteiger partial charge in [-0.15, -0.1) is 12.4 Å². The first-order valence-corrected chi connectivity index (χ1v) is 10.2. The number of nitrogens with two attached hydrogens (primary N) is 1. The summed E-state index contributed by atoms with van der Waals surface area (Å²) in [5.41, 5.74) is 5.58. The lowest BCUT2D eigenvalue weighted by atomic mass is 9.81. The number of hydrogen-bond acceptors (Lipinski definition) is 5. The van der Waals surface area contributed by atoms with Crippen molar-refractivity contribution < 1.29 is 17.9 Å². The Kier molecular flexibility index (Phi) is 7.09. The molecule has 25 heavy (non-hydrogen) atoms. The van der Waals surface area contributed by atoms with Crippen LogP contribution in [0.1, 0.15) is 32.1 Å². The summed E-state index contributed by atoms with van der Waals surface area (Å²) in [5.74, 6) is -0.00868. The van der Waals surface area contributed by atoms with Crippen LogP contribution in [-0.2, 0) is 19.7 Å². The van der Waals surface area contributed by atoms with E-state index in [0.29, 0.717) is 52.5 Å². The van der Waals surface area contributed by atoms with Gasteiger partial charge in [0.2, 0.25) is 5.91 Å². The predicted octanol–water partition coefficient (Wildman–Crippen LogP) is -0.209. The van der Waals surface area contributed by atoms with Crippen molar-refractivity contribution in [2.24, 2.45) is 5.73 Å². The summed E-state index contributed by atoms with van der Waals surface area (Å²) in [4.78, 5) is 14.5. The van der Waals surface area contributed by atoms with E-state index in [0.717, 1.165) is 32.1 Å². The number of amides is 1. The molecule has 3 rings (SSSR count). The van der Waals surface area contributed by atoms with E-state index in [1.807, 2.05) is 0 Å². The smallest absolute Gasteiger partial charge is 0.282 e. The second-order valence-electron chi connectivity index (χ2n) is 6.93. The molecule has 2 N–H and O–H groups in total. The SMILES string of the molecule is Cl.NC1(C(=O)N2CCN(S(=O)(=O)N3CCOCC3)CC2)CCCCC1. The highest BCUT2D eigenvalue weighted by atomic mass is 35.5. The minimum atomic E-state index is -3.46.